The number of nitrogens with two attached hydrogens (primary N) is 1. The number of ether oxygens (including phenoxy) is 1. The van der Waals surface area contributed by atoms with Crippen molar-refractivity contribution in [1.29, 1.82) is 0 Å². The molecule has 18 heavy (non-hydrogen) atoms. The molecule has 1 aromatic carbocycles. The van der Waals surface area contributed by atoms with Crippen molar-refractivity contribution in [3.63, 3.8) is 0 Å². The van der Waals surface area contributed by atoms with Gasteiger partial charge in [-0.3, -0.25) is 9.59 Å². The van der Waals surface area contributed by atoms with Gasteiger partial charge in [0.25, 0.3) is 5.91 Å². The van der Waals surface area contributed by atoms with E-state index >= 15 is 0 Å². The summed E-state index contributed by atoms with van der Waals surface area (Å²) in [5.74, 6) is -0.0173. The fraction of sp³-hybridized carbons (Fsp3) is 0.143. The Morgan fingerprint density at radius 2 is 2.17 bits per heavy atom. The molecule has 0 spiro atoms. The van der Waals surface area contributed by atoms with Crippen molar-refractivity contribution in [3.8, 4) is 5.75 Å². The van der Waals surface area contributed by atoms with Gasteiger partial charge in [0.2, 0.25) is 0 Å². The van der Waals surface area contributed by atoms with Crippen LogP contribution >= 0.6 is 0 Å². The van der Waals surface area contributed by atoms with Gasteiger partial charge in [-0.25, -0.2) is 0 Å². The molecule has 90 valence electrons. The van der Waals surface area contributed by atoms with Gasteiger partial charge in [-0.15, -0.1) is 0 Å². The molecular formula is C14H11NO3. The fourth-order valence-corrected chi connectivity index (χ4v) is 2.43. The lowest BCUT2D eigenvalue weighted by atomic mass is 9.87. The van der Waals surface area contributed by atoms with Crippen LogP contribution in [0.3, 0.4) is 0 Å². The number of ketones is 1. The quantitative estimate of drug-likeness (QED) is 0.811. The van der Waals surface area contributed by atoms with Crippen LogP contribution < -0.4 is 10.5 Å². The summed E-state index contributed by atoms with van der Waals surface area (Å²) in [7, 11) is 0. The van der Waals surface area contributed by atoms with Gasteiger partial charge in [-0.05, 0) is 30.7 Å². The first-order valence-electron chi connectivity index (χ1n) is 5.63. The number of hydrogen-bond acceptors (Lipinski definition) is 3. The van der Waals surface area contributed by atoms with Crippen molar-refractivity contribution < 1.29 is 14.3 Å². The normalized spacial score (nSPS) is 19.9. The van der Waals surface area contributed by atoms with E-state index in [4.69, 9.17) is 10.5 Å². The summed E-state index contributed by atoms with van der Waals surface area (Å²) in [6.07, 6.45) is 4.92. The minimum Gasteiger partial charge on any atom is -0.459 e. The van der Waals surface area contributed by atoms with Crippen LogP contribution in [0, 0.1) is 6.92 Å². The number of amides is 1. The summed E-state index contributed by atoms with van der Waals surface area (Å²) < 4.78 is 5.64. The largest absolute Gasteiger partial charge is 0.459 e. The van der Waals surface area contributed by atoms with Crippen LogP contribution in [0.1, 0.15) is 27.4 Å². The van der Waals surface area contributed by atoms with E-state index in [0.29, 0.717) is 17.1 Å². The maximum atomic E-state index is 11.9. The molecular weight excluding hydrogens is 230 g/mol. The summed E-state index contributed by atoms with van der Waals surface area (Å²) in [5, 5.41) is 0. The van der Waals surface area contributed by atoms with E-state index in [9.17, 15) is 9.59 Å². The van der Waals surface area contributed by atoms with Crippen molar-refractivity contribution in [2.24, 2.45) is 5.73 Å². The minimum atomic E-state index is -0.550. The molecule has 0 saturated heterocycles. The van der Waals surface area contributed by atoms with Crippen LogP contribution in [0.15, 0.2) is 36.1 Å². The second-order valence-corrected chi connectivity index (χ2v) is 4.40. The van der Waals surface area contributed by atoms with Crippen LogP contribution in [-0.2, 0) is 4.79 Å². The van der Waals surface area contributed by atoms with Crippen molar-refractivity contribution in [1.82, 2.24) is 0 Å². The van der Waals surface area contributed by atoms with Gasteiger partial charge in [-0.2, -0.15) is 0 Å². The second-order valence-electron chi connectivity index (χ2n) is 4.40. The highest BCUT2D eigenvalue weighted by molar-refractivity contribution is 6.03. The van der Waals surface area contributed by atoms with E-state index in [0.717, 1.165) is 11.1 Å². The molecule has 4 heteroatoms. The first-order valence-corrected chi connectivity index (χ1v) is 5.63. The number of hydrogen-bond donors (Lipinski definition) is 1. The second kappa shape index (κ2) is 3.57. The van der Waals surface area contributed by atoms with E-state index in [2.05, 4.69) is 0 Å². The molecule has 0 saturated carbocycles. The minimum absolute atomic E-state index is 0.0315. The number of rotatable bonds is 1. The molecule has 1 aromatic rings. The predicted molar refractivity (Wildman–Crippen MR) is 65.3 cm³/mol. The number of benzene rings is 1. The van der Waals surface area contributed by atoms with Crippen LogP contribution in [0.2, 0.25) is 0 Å². The molecule has 1 atom stereocenters. The standard InChI is InChI=1S/C14H11NO3/c1-7-5-6-8(14(15)17)13-11(7)12-9(16)3-2-4-10(12)18-13/h2-6,12H,1H3,(H2,15,17). The van der Waals surface area contributed by atoms with E-state index in [1.807, 2.05) is 6.92 Å². The summed E-state index contributed by atoms with van der Waals surface area (Å²) in [6.45, 7) is 1.89. The summed E-state index contributed by atoms with van der Waals surface area (Å²) in [4.78, 5) is 23.3. The molecule has 1 heterocycles. The number of primary amides is 1. The van der Waals surface area contributed by atoms with Gasteiger partial charge in [0.1, 0.15) is 17.4 Å². The van der Waals surface area contributed by atoms with E-state index in [-0.39, 0.29) is 5.78 Å². The molecule has 1 aliphatic carbocycles. The SMILES string of the molecule is Cc1ccc(C(N)=O)c2c1C1C(=O)C=CC=C1O2. The molecule has 2 N–H and O–H groups in total. The number of fused-ring (bicyclic) bond motifs is 3. The van der Waals surface area contributed by atoms with Crippen molar-refractivity contribution in [2.75, 3.05) is 0 Å². The van der Waals surface area contributed by atoms with Gasteiger partial charge in [0.05, 0.1) is 5.56 Å². The van der Waals surface area contributed by atoms with Crippen molar-refractivity contribution in [2.45, 2.75) is 12.8 Å². The Hall–Kier alpha value is -2.36. The van der Waals surface area contributed by atoms with Crippen molar-refractivity contribution >= 4 is 11.7 Å². The molecule has 1 amide bonds. The van der Waals surface area contributed by atoms with Gasteiger partial charge in [0, 0.05) is 5.56 Å². The lowest BCUT2D eigenvalue weighted by Gasteiger charge is -2.11. The van der Waals surface area contributed by atoms with Gasteiger partial charge in [0.15, 0.2) is 5.78 Å². The smallest absolute Gasteiger partial charge is 0.252 e. The van der Waals surface area contributed by atoms with Crippen LogP contribution in [0.25, 0.3) is 0 Å². The van der Waals surface area contributed by atoms with E-state index in [1.165, 1.54) is 6.08 Å². The number of carbonyl (C=O) groups is 2. The van der Waals surface area contributed by atoms with E-state index in [1.54, 1.807) is 24.3 Å². The Bertz CT molecular complexity index is 641. The van der Waals surface area contributed by atoms with Gasteiger partial charge in [-0.1, -0.05) is 12.1 Å². The topological polar surface area (TPSA) is 69.4 Å². The lowest BCUT2D eigenvalue weighted by Crippen LogP contribution is -2.13. The molecule has 1 unspecified atom stereocenters. The molecule has 3 rings (SSSR count). The third kappa shape index (κ3) is 1.32. The zero-order valence-electron chi connectivity index (χ0n) is 9.77. The molecule has 0 fully saturated rings. The first kappa shape index (κ1) is 10.8. The number of aryl methyl sites for hydroxylation is 1. The van der Waals surface area contributed by atoms with Crippen molar-refractivity contribution in [3.05, 3.63) is 52.8 Å². The first-order chi connectivity index (χ1) is 8.59. The highest BCUT2D eigenvalue weighted by Gasteiger charge is 2.38. The van der Waals surface area contributed by atoms with Gasteiger partial charge < -0.3 is 10.5 Å². The monoisotopic (exact) mass is 241 g/mol. The highest BCUT2D eigenvalue weighted by Crippen LogP contribution is 2.46. The third-order valence-corrected chi connectivity index (χ3v) is 3.28. The average Bonchev–Trinajstić information content (AvgIpc) is 2.70. The Morgan fingerprint density at radius 3 is 2.89 bits per heavy atom. The molecule has 4 nitrogen and oxygen atoms in total. The fourth-order valence-electron chi connectivity index (χ4n) is 2.43. The maximum absolute atomic E-state index is 11.9. The zero-order chi connectivity index (χ0) is 12.9. The number of allylic oxidation sites excluding steroid dienone is 4. The molecule has 0 bridgehead atoms. The lowest BCUT2D eigenvalue weighted by molar-refractivity contribution is -0.115. The molecule has 1 aliphatic heterocycles. The Labute approximate surface area is 104 Å². The number of carbonyl (C=O) groups excluding carboxylic acids is 2. The third-order valence-electron chi connectivity index (χ3n) is 3.28. The maximum Gasteiger partial charge on any atom is 0.252 e. The Kier molecular flexibility index (Phi) is 2.13. The Morgan fingerprint density at radius 1 is 1.39 bits per heavy atom. The van der Waals surface area contributed by atoms with E-state index < -0.39 is 11.8 Å². The Balaban J connectivity index is 2.26. The molecule has 0 radical (unpaired) electrons. The summed E-state index contributed by atoms with van der Waals surface area (Å²) in [5.41, 5.74) is 7.32. The van der Waals surface area contributed by atoms with Crippen LogP contribution in [-0.4, -0.2) is 11.7 Å². The zero-order valence-corrected chi connectivity index (χ0v) is 9.77. The summed E-state index contributed by atoms with van der Waals surface area (Å²) in [6, 6.07) is 3.42. The van der Waals surface area contributed by atoms with Crippen LogP contribution in [0.4, 0.5) is 0 Å². The predicted octanol–water partition coefficient (Wildman–Crippen LogP) is 1.59. The highest BCUT2D eigenvalue weighted by atomic mass is 16.5. The van der Waals surface area contributed by atoms with Gasteiger partial charge >= 0.3 is 0 Å². The molecule has 2 aliphatic rings. The molecule has 0 aromatic heterocycles. The average molecular weight is 241 g/mol. The van der Waals surface area contributed by atoms with Crippen LogP contribution in [0.5, 0.6) is 5.75 Å². The summed E-state index contributed by atoms with van der Waals surface area (Å²) >= 11 is 0.